The lowest BCUT2D eigenvalue weighted by Crippen LogP contribution is -2.39. The number of hydrogen-bond acceptors (Lipinski definition) is 3. The normalized spacial score (nSPS) is 17.0. The lowest BCUT2D eigenvalue weighted by molar-refractivity contribution is 0.0675. The second kappa shape index (κ2) is 6.44. The fourth-order valence-corrected chi connectivity index (χ4v) is 3.19. The highest BCUT2D eigenvalue weighted by Crippen LogP contribution is 2.31. The molecule has 1 aromatic heterocycles. The van der Waals surface area contributed by atoms with Gasteiger partial charge in [-0.25, -0.2) is 14.4 Å². The van der Waals surface area contributed by atoms with Gasteiger partial charge in [0.15, 0.2) is 0 Å². The van der Waals surface area contributed by atoms with Gasteiger partial charge in [0.2, 0.25) is 0 Å². The molecule has 2 heterocycles. The average Bonchev–Trinajstić information content (AvgIpc) is 2.56. The van der Waals surface area contributed by atoms with Crippen LogP contribution in [0.1, 0.15) is 53.5 Å². The van der Waals surface area contributed by atoms with Crippen LogP contribution in [0.15, 0.2) is 30.7 Å². The van der Waals surface area contributed by atoms with Crippen molar-refractivity contribution in [3.8, 4) is 0 Å². The largest absolute Gasteiger partial charge is 0.331 e. The number of amides is 1. The number of carbonyl (C=O) groups is 1. The fourth-order valence-electron chi connectivity index (χ4n) is 3.19. The molecule has 1 amide bonds. The van der Waals surface area contributed by atoms with E-state index in [0.717, 1.165) is 36.1 Å². The van der Waals surface area contributed by atoms with Crippen molar-refractivity contribution in [1.82, 2.24) is 14.9 Å². The van der Waals surface area contributed by atoms with Crippen LogP contribution in [0, 0.1) is 5.82 Å². The van der Waals surface area contributed by atoms with Crippen molar-refractivity contribution in [3.63, 3.8) is 0 Å². The van der Waals surface area contributed by atoms with Gasteiger partial charge in [0.05, 0.1) is 17.3 Å². The smallest absolute Gasteiger partial charge is 0.257 e. The van der Waals surface area contributed by atoms with E-state index < -0.39 is 0 Å². The minimum Gasteiger partial charge on any atom is -0.331 e. The Morgan fingerprint density at radius 2 is 2.26 bits per heavy atom. The van der Waals surface area contributed by atoms with E-state index in [0.29, 0.717) is 12.1 Å². The molecule has 0 N–H and O–H groups in total. The molecule has 3 rings (SSSR count). The molecule has 2 aromatic rings. The van der Waals surface area contributed by atoms with Gasteiger partial charge in [-0.15, -0.1) is 0 Å². The molecular formula is C18H20FN3O. The number of halogens is 1. The summed E-state index contributed by atoms with van der Waals surface area (Å²) in [5.74, 6) is -0.337. The molecule has 0 unspecified atom stereocenters. The third-order valence-corrected chi connectivity index (χ3v) is 4.42. The molecule has 4 nitrogen and oxygen atoms in total. The second-order valence-electron chi connectivity index (χ2n) is 5.90. The number of nitrogens with zero attached hydrogens (tertiary/aromatic N) is 3. The second-order valence-corrected chi connectivity index (χ2v) is 5.90. The van der Waals surface area contributed by atoms with Crippen LogP contribution in [-0.4, -0.2) is 27.3 Å². The van der Waals surface area contributed by atoms with E-state index >= 15 is 0 Å². The Labute approximate surface area is 135 Å². The molecule has 1 aromatic carbocycles. The number of aromatic nitrogens is 2. The van der Waals surface area contributed by atoms with E-state index in [1.54, 1.807) is 11.1 Å². The molecule has 23 heavy (non-hydrogen) atoms. The highest BCUT2D eigenvalue weighted by atomic mass is 19.1. The number of fused-ring (bicyclic) bond motifs is 1. The molecule has 0 radical (unpaired) electrons. The minimum absolute atomic E-state index is 0.0727. The Morgan fingerprint density at radius 3 is 3.04 bits per heavy atom. The fraction of sp³-hybridized carbons (Fsp3) is 0.389. The van der Waals surface area contributed by atoms with Gasteiger partial charge in [0, 0.05) is 12.7 Å². The molecule has 0 spiro atoms. The van der Waals surface area contributed by atoms with Crippen LogP contribution < -0.4 is 0 Å². The number of carbonyl (C=O) groups excluding carboxylic acids is 1. The predicted octanol–water partition coefficient (Wildman–Crippen LogP) is 3.33. The molecule has 1 aliphatic rings. The number of benzene rings is 1. The molecule has 5 heteroatoms. The summed E-state index contributed by atoms with van der Waals surface area (Å²) in [6.07, 6.45) is 5.47. The molecule has 0 saturated carbocycles. The SMILES string of the molecule is CCCc1ncncc1C(=O)N1CCc2ccc(F)cc2[C@@H]1C. The maximum atomic E-state index is 13.6. The third kappa shape index (κ3) is 2.96. The maximum absolute atomic E-state index is 13.6. The Bertz CT molecular complexity index is 732. The van der Waals surface area contributed by atoms with Crippen LogP contribution in [0.25, 0.3) is 0 Å². The monoisotopic (exact) mass is 313 g/mol. The molecule has 0 aliphatic carbocycles. The Morgan fingerprint density at radius 1 is 1.43 bits per heavy atom. The highest BCUT2D eigenvalue weighted by molar-refractivity contribution is 5.95. The first-order valence-corrected chi connectivity index (χ1v) is 8.00. The van der Waals surface area contributed by atoms with Crippen LogP contribution in [0.2, 0.25) is 0 Å². The molecular weight excluding hydrogens is 293 g/mol. The van der Waals surface area contributed by atoms with Crippen molar-refractivity contribution in [2.45, 2.75) is 39.2 Å². The zero-order valence-electron chi connectivity index (χ0n) is 13.4. The summed E-state index contributed by atoms with van der Waals surface area (Å²) in [7, 11) is 0. The zero-order valence-corrected chi connectivity index (χ0v) is 13.4. The van der Waals surface area contributed by atoms with Crippen molar-refractivity contribution in [1.29, 1.82) is 0 Å². The quantitative estimate of drug-likeness (QED) is 0.873. The zero-order chi connectivity index (χ0) is 16.4. The summed E-state index contributed by atoms with van der Waals surface area (Å²) in [4.78, 5) is 23.0. The van der Waals surface area contributed by atoms with Crippen molar-refractivity contribution >= 4 is 5.91 Å². The van der Waals surface area contributed by atoms with Crippen LogP contribution in [-0.2, 0) is 12.8 Å². The number of hydrogen-bond donors (Lipinski definition) is 0. The molecule has 120 valence electrons. The Hall–Kier alpha value is -2.30. The Balaban J connectivity index is 1.92. The van der Waals surface area contributed by atoms with E-state index in [-0.39, 0.29) is 17.8 Å². The standard InChI is InChI=1S/C18H20FN3O/c1-3-4-17-16(10-20-11-21-17)18(23)22-8-7-13-5-6-14(19)9-15(13)12(22)2/h5-6,9-12H,3-4,7-8H2,1-2H3/t12-/m0/s1. The minimum atomic E-state index is -0.264. The topological polar surface area (TPSA) is 46.1 Å². The van der Waals surface area contributed by atoms with Crippen LogP contribution in [0.5, 0.6) is 0 Å². The number of aryl methyl sites for hydroxylation is 1. The van der Waals surface area contributed by atoms with Crippen LogP contribution in [0.3, 0.4) is 0 Å². The van der Waals surface area contributed by atoms with Gasteiger partial charge in [-0.2, -0.15) is 0 Å². The van der Waals surface area contributed by atoms with Crippen molar-refractivity contribution in [3.05, 3.63) is 58.9 Å². The van der Waals surface area contributed by atoms with Gasteiger partial charge in [-0.3, -0.25) is 4.79 Å². The van der Waals surface area contributed by atoms with Gasteiger partial charge < -0.3 is 4.90 Å². The highest BCUT2D eigenvalue weighted by Gasteiger charge is 2.29. The molecule has 1 atom stereocenters. The predicted molar refractivity (Wildman–Crippen MR) is 85.6 cm³/mol. The van der Waals surface area contributed by atoms with Crippen molar-refractivity contribution in [2.24, 2.45) is 0 Å². The molecule has 0 saturated heterocycles. The van der Waals surface area contributed by atoms with E-state index in [2.05, 4.69) is 16.9 Å². The summed E-state index contributed by atoms with van der Waals surface area (Å²) >= 11 is 0. The molecule has 0 bridgehead atoms. The van der Waals surface area contributed by atoms with E-state index in [4.69, 9.17) is 0 Å². The maximum Gasteiger partial charge on any atom is 0.257 e. The van der Waals surface area contributed by atoms with E-state index in [9.17, 15) is 9.18 Å². The van der Waals surface area contributed by atoms with Crippen molar-refractivity contribution in [2.75, 3.05) is 6.54 Å². The van der Waals surface area contributed by atoms with Gasteiger partial charge in [0.25, 0.3) is 5.91 Å². The first-order chi connectivity index (χ1) is 11.1. The van der Waals surface area contributed by atoms with E-state index in [1.165, 1.54) is 18.5 Å². The summed E-state index contributed by atoms with van der Waals surface area (Å²) in [6.45, 7) is 4.62. The van der Waals surface area contributed by atoms with Gasteiger partial charge >= 0.3 is 0 Å². The van der Waals surface area contributed by atoms with Crippen molar-refractivity contribution < 1.29 is 9.18 Å². The average molecular weight is 313 g/mol. The Kier molecular flexibility index (Phi) is 4.37. The summed E-state index contributed by atoms with van der Waals surface area (Å²) < 4.78 is 13.6. The summed E-state index contributed by atoms with van der Waals surface area (Å²) in [5, 5.41) is 0. The lowest BCUT2D eigenvalue weighted by Gasteiger charge is -2.35. The van der Waals surface area contributed by atoms with Gasteiger partial charge in [0.1, 0.15) is 12.1 Å². The lowest BCUT2D eigenvalue weighted by atomic mass is 9.92. The summed E-state index contributed by atoms with van der Waals surface area (Å²) in [6, 6.07) is 4.68. The molecule has 1 aliphatic heterocycles. The first-order valence-electron chi connectivity index (χ1n) is 8.00. The van der Waals surface area contributed by atoms with Crippen LogP contribution in [0.4, 0.5) is 4.39 Å². The van der Waals surface area contributed by atoms with Gasteiger partial charge in [-0.1, -0.05) is 19.4 Å². The van der Waals surface area contributed by atoms with E-state index in [1.807, 2.05) is 13.0 Å². The first kappa shape index (κ1) is 15.6. The molecule has 0 fully saturated rings. The van der Waals surface area contributed by atoms with Gasteiger partial charge in [-0.05, 0) is 43.0 Å². The summed E-state index contributed by atoms with van der Waals surface area (Å²) in [5.41, 5.74) is 3.34. The number of rotatable bonds is 3. The third-order valence-electron chi connectivity index (χ3n) is 4.42. The van der Waals surface area contributed by atoms with Crippen LogP contribution >= 0.6 is 0 Å².